The highest BCUT2D eigenvalue weighted by Crippen LogP contribution is 2.78. The van der Waals surface area contributed by atoms with Crippen molar-refractivity contribution in [3.8, 4) is 0 Å². The number of fused-ring (bicyclic) bond motifs is 1. The lowest BCUT2D eigenvalue weighted by Crippen LogP contribution is -2.46. The molecule has 0 radical (unpaired) electrons. The molecule has 4 atom stereocenters. The Morgan fingerprint density at radius 2 is 1.38 bits per heavy atom. The van der Waals surface area contributed by atoms with Crippen molar-refractivity contribution in [1.29, 1.82) is 0 Å². The lowest BCUT2D eigenvalue weighted by atomic mass is 9.61. The summed E-state index contributed by atoms with van der Waals surface area (Å²) in [7, 11) is 0. The molecule has 3 rings (SSSR count). The SMILES string of the molecule is CC(=O)O[C@H]1CC(C)(C)C(=C=C/C(C)=C/C=C/C(C)=C/C=C/C=C(C)/C=C/C=C(\C)C(=O)C[C@@]23C[C@]2(C)CC(=O)CC3(C)C)[C@](C)(O)C1. The standard InChI is InChI=1S/C43H58O5/c1-30(18-14-19-32(3)22-23-38-39(6,7)26-36(48-34(5)44)27-42(38,11)47)16-12-13-17-31(2)20-15-21-33(4)37(46)28-43-29-41(43,10)25-35(45)24-40(43,8)9/h12-22,36,47H,24-29H2,1-11H3/b13-12+,18-14+,20-15+,30-16+,31-17+,32-19+,33-21+/t23?,36-,41-,42+,43-/m0/s1. The third-order valence-corrected chi connectivity index (χ3v) is 10.8. The van der Waals surface area contributed by atoms with E-state index in [0.29, 0.717) is 37.9 Å². The molecule has 0 aromatic heterocycles. The average Bonchev–Trinajstić information content (AvgIpc) is 3.53. The fourth-order valence-corrected chi connectivity index (χ4v) is 8.23. The predicted octanol–water partition coefficient (Wildman–Crippen LogP) is 9.77. The molecule has 48 heavy (non-hydrogen) atoms. The smallest absolute Gasteiger partial charge is 0.302 e. The molecule has 0 aromatic carbocycles. The summed E-state index contributed by atoms with van der Waals surface area (Å²) in [4.78, 5) is 36.9. The zero-order valence-corrected chi connectivity index (χ0v) is 31.3. The third-order valence-electron chi connectivity index (χ3n) is 10.8. The first kappa shape index (κ1) is 38.9. The number of hydrogen-bond acceptors (Lipinski definition) is 5. The van der Waals surface area contributed by atoms with Crippen LogP contribution < -0.4 is 0 Å². The number of carbonyl (C=O) groups is 3. The Labute approximate surface area is 289 Å². The number of rotatable bonds is 11. The van der Waals surface area contributed by atoms with Crippen molar-refractivity contribution in [3.05, 3.63) is 100 Å². The number of Topliss-reactive ketones (excluding diaryl/α,β-unsaturated/α-hetero) is 2. The molecule has 3 saturated carbocycles. The van der Waals surface area contributed by atoms with Crippen molar-refractivity contribution >= 4 is 17.5 Å². The van der Waals surface area contributed by atoms with Crippen LogP contribution in [0, 0.1) is 21.7 Å². The van der Waals surface area contributed by atoms with E-state index in [0.717, 1.165) is 34.3 Å². The van der Waals surface area contributed by atoms with E-state index in [9.17, 15) is 19.5 Å². The van der Waals surface area contributed by atoms with Gasteiger partial charge in [-0.1, -0.05) is 107 Å². The van der Waals surface area contributed by atoms with E-state index in [1.54, 1.807) is 6.92 Å². The predicted molar refractivity (Wildman–Crippen MR) is 196 cm³/mol. The molecular weight excluding hydrogens is 596 g/mol. The van der Waals surface area contributed by atoms with Crippen LogP contribution in [0.25, 0.3) is 0 Å². The molecule has 5 nitrogen and oxygen atoms in total. The second-order valence-electron chi connectivity index (χ2n) is 16.3. The molecule has 0 bridgehead atoms. The van der Waals surface area contributed by atoms with Gasteiger partial charge in [-0.15, -0.1) is 5.73 Å². The van der Waals surface area contributed by atoms with Crippen molar-refractivity contribution in [3.63, 3.8) is 0 Å². The molecule has 5 heteroatoms. The minimum Gasteiger partial charge on any atom is -0.462 e. The first-order valence-corrected chi connectivity index (χ1v) is 17.3. The molecule has 3 aliphatic rings. The number of carbonyl (C=O) groups excluding carboxylic acids is 3. The Balaban J connectivity index is 1.54. The lowest BCUT2D eigenvalue weighted by Gasteiger charge is -2.44. The second kappa shape index (κ2) is 14.9. The monoisotopic (exact) mass is 654 g/mol. The first-order chi connectivity index (χ1) is 22.1. The van der Waals surface area contributed by atoms with Gasteiger partial charge in [0.1, 0.15) is 11.9 Å². The Bertz CT molecular complexity index is 1550. The summed E-state index contributed by atoms with van der Waals surface area (Å²) >= 11 is 0. The van der Waals surface area contributed by atoms with Crippen LogP contribution in [0.4, 0.5) is 0 Å². The van der Waals surface area contributed by atoms with Crippen LogP contribution in [-0.2, 0) is 19.1 Å². The third kappa shape index (κ3) is 9.55. The van der Waals surface area contributed by atoms with Crippen LogP contribution in [0.5, 0.6) is 0 Å². The maximum absolute atomic E-state index is 13.1. The highest BCUT2D eigenvalue weighted by Gasteiger charge is 2.73. The van der Waals surface area contributed by atoms with E-state index in [4.69, 9.17) is 4.74 Å². The van der Waals surface area contributed by atoms with Crippen LogP contribution in [0.15, 0.2) is 100 Å². The quantitative estimate of drug-likeness (QED) is 0.104. The molecule has 0 saturated heterocycles. The Hall–Kier alpha value is -3.53. The van der Waals surface area contributed by atoms with Gasteiger partial charge in [0.2, 0.25) is 0 Å². The first-order valence-electron chi connectivity index (χ1n) is 17.3. The minimum absolute atomic E-state index is 0.0340. The van der Waals surface area contributed by atoms with Crippen molar-refractivity contribution in [2.24, 2.45) is 21.7 Å². The summed E-state index contributed by atoms with van der Waals surface area (Å²) < 4.78 is 5.42. The van der Waals surface area contributed by atoms with Gasteiger partial charge in [-0.25, -0.2) is 0 Å². The molecule has 0 unspecified atom stereocenters. The molecule has 0 amide bonds. The maximum atomic E-state index is 13.1. The fraction of sp³-hybridized carbons (Fsp3) is 0.535. The van der Waals surface area contributed by atoms with Gasteiger partial charge in [0, 0.05) is 38.2 Å². The van der Waals surface area contributed by atoms with Crippen molar-refractivity contribution in [2.45, 2.75) is 126 Å². The zero-order chi connectivity index (χ0) is 36.1. The van der Waals surface area contributed by atoms with Crippen LogP contribution in [-0.4, -0.2) is 34.3 Å². The van der Waals surface area contributed by atoms with Gasteiger partial charge in [0.15, 0.2) is 5.78 Å². The van der Waals surface area contributed by atoms with Gasteiger partial charge < -0.3 is 9.84 Å². The summed E-state index contributed by atoms with van der Waals surface area (Å²) in [6, 6.07) is 0. The van der Waals surface area contributed by atoms with Crippen LogP contribution >= 0.6 is 0 Å². The zero-order valence-electron chi connectivity index (χ0n) is 31.3. The summed E-state index contributed by atoms with van der Waals surface area (Å²) in [5.41, 5.74) is 6.40. The molecule has 0 spiro atoms. The Kier molecular flexibility index (Phi) is 12.1. The number of esters is 1. The van der Waals surface area contributed by atoms with Gasteiger partial charge in [-0.05, 0) is 86.3 Å². The van der Waals surface area contributed by atoms with E-state index >= 15 is 0 Å². The summed E-state index contributed by atoms with van der Waals surface area (Å²) in [5.74, 6) is 0.183. The highest BCUT2D eigenvalue weighted by atomic mass is 16.5. The summed E-state index contributed by atoms with van der Waals surface area (Å²) in [6.07, 6.45) is 25.2. The van der Waals surface area contributed by atoms with Crippen LogP contribution in [0.1, 0.15) is 115 Å². The molecular formula is C43H58O5. The van der Waals surface area contributed by atoms with Crippen LogP contribution in [0.3, 0.4) is 0 Å². The van der Waals surface area contributed by atoms with E-state index in [1.165, 1.54) is 6.92 Å². The molecule has 3 aliphatic carbocycles. The van der Waals surface area contributed by atoms with Crippen molar-refractivity contribution in [2.75, 3.05) is 0 Å². The van der Waals surface area contributed by atoms with Gasteiger partial charge in [0.25, 0.3) is 0 Å². The second-order valence-corrected chi connectivity index (χ2v) is 16.3. The fourth-order valence-electron chi connectivity index (χ4n) is 8.23. The Morgan fingerprint density at radius 1 is 0.812 bits per heavy atom. The summed E-state index contributed by atoms with van der Waals surface area (Å²) in [5, 5.41) is 11.1. The molecule has 0 aliphatic heterocycles. The van der Waals surface area contributed by atoms with Gasteiger partial charge >= 0.3 is 5.97 Å². The van der Waals surface area contributed by atoms with Crippen molar-refractivity contribution < 1.29 is 24.2 Å². The Morgan fingerprint density at radius 3 is 1.92 bits per heavy atom. The maximum Gasteiger partial charge on any atom is 0.302 e. The number of ketones is 2. The van der Waals surface area contributed by atoms with E-state index < -0.39 is 5.60 Å². The highest BCUT2D eigenvalue weighted by molar-refractivity contribution is 5.96. The van der Waals surface area contributed by atoms with Crippen molar-refractivity contribution in [1.82, 2.24) is 0 Å². The normalized spacial score (nSPS) is 30.9. The van der Waals surface area contributed by atoms with E-state index in [-0.39, 0.29) is 39.5 Å². The minimum atomic E-state index is -1.10. The molecule has 3 fully saturated rings. The molecule has 0 heterocycles. The molecule has 1 N–H and O–H groups in total. The van der Waals surface area contributed by atoms with Gasteiger partial charge in [-0.2, -0.15) is 0 Å². The lowest BCUT2D eigenvalue weighted by molar-refractivity contribution is -0.152. The number of ether oxygens (including phenoxy) is 1. The molecule has 260 valence electrons. The van der Waals surface area contributed by atoms with E-state index in [1.807, 2.05) is 94.5 Å². The van der Waals surface area contributed by atoms with E-state index in [2.05, 4.69) is 40.3 Å². The topological polar surface area (TPSA) is 80.7 Å². The average molecular weight is 655 g/mol. The van der Waals surface area contributed by atoms with Crippen LogP contribution in [0.2, 0.25) is 0 Å². The summed E-state index contributed by atoms with van der Waals surface area (Å²) in [6.45, 7) is 21.7. The number of hydrogen-bond donors (Lipinski definition) is 1. The molecule has 0 aromatic rings. The van der Waals surface area contributed by atoms with Gasteiger partial charge in [-0.3, -0.25) is 14.4 Å². The number of aliphatic hydroxyl groups is 1. The van der Waals surface area contributed by atoms with Gasteiger partial charge in [0.05, 0.1) is 5.60 Å². The largest absolute Gasteiger partial charge is 0.462 e. The number of allylic oxidation sites excluding steroid dienone is 14.